The van der Waals surface area contributed by atoms with Crippen LogP contribution in [0.3, 0.4) is 0 Å². The minimum atomic E-state index is -0.397. The van der Waals surface area contributed by atoms with Gasteiger partial charge in [-0.3, -0.25) is 4.79 Å². The lowest BCUT2D eigenvalue weighted by Crippen LogP contribution is -2.28. The Hall–Kier alpha value is -0.730. The Bertz CT molecular complexity index is 567. The van der Waals surface area contributed by atoms with Gasteiger partial charge in [0.15, 0.2) is 5.78 Å². The number of ketones is 1. The summed E-state index contributed by atoms with van der Waals surface area (Å²) in [5.41, 5.74) is 2.52. The van der Waals surface area contributed by atoms with E-state index in [9.17, 15) is 4.79 Å². The molecule has 1 heterocycles. The molecule has 0 radical (unpaired) electrons. The summed E-state index contributed by atoms with van der Waals surface area (Å²) in [6.45, 7) is 9.91. The fourth-order valence-corrected chi connectivity index (χ4v) is 3.86. The van der Waals surface area contributed by atoms with Crippen molar-refractivity contribution < 1.29 is 4.79 Å². The van der Waals surface area contributed by atoms with Gasteiger partial charge in [-0.15, -0.1) is 11.8 Å². The van der Waals surface area contributed by atoms with Gasteiger partial charge in [-0.25, -0.2) is 0 Å². The predicted molar refractivity (Wildman–Crippen MR) is 83.7 cm³/mol. The molecule has 0 bridgehead atoms. The Balaban J connectivity index is 2.60. The van der Waals surface area contributed by atoms with E-state index in [2.05, 4.69) is 25.1 Å². The molecule has 1 atom stereocenters. The Kier molecular flexibility index (Phi) is 3.85. The molecule has 19 heavy (non-hydrogen) atoms. The molecule has 0 aromatic heterocycles. The number of halogens is 1. The minimum Gasteiger partial charge on any atom is -0.294 e. The second-order valence-electron chi connectivity index (χ2n) is 6.07. The van der Waals surface area contributed by atoms with Crippen molar-refractivity contribution in [3.05, 3.63) is 34.9 Å². The molecular formula is C16H19ClOS. The average Bonchev–Trinajstić information content (AvgIpc) is 2.29. The monoisotopic (exact) mass is 294 g/mol. The molecule has 1 nitrogen and oxygen atoms in total. The highest BCUT2D eigenvalue weighted by Gasteiger charge is 2.34. The number of carbonyl (C=O) groups excluding carboxylic acids is 1. The van der Waals surface area contributed by atoms with Crippen molar-refractivity contribution in [3.8, 4) is 0 Å². The zero-order valence-corrected chi connectivity index (χ0v) is 13.6. The largest absolute Gasteiger partial charge is 0.294 e. The molecule has 2 rings (SSSR count). The summed E-state index contributed by atoms with van der Waals surface area (Å²) in [5, 5.41) is 0.735. The van der Waals surface area contributed by atoms with Gasteiger partial charge in [0, 0.05) is 26.7 Å². The Morgan fingerprint density at radius 1 is 1.32 bits per heavy atom. The first-order valence-corrected chi connectivity index (χ1v) is 7.69. The molecule has 1 aromatic rings. The standard InChI is InChI=1S/C16H19ClOS/c1-9-6-7-12-11(8-9)14(17)13(10(2)19-12)15(18)16(3,4)5/h6-8,10H,1-5H3. The number of fused-ring (bicyclic) bond motifs is 1. The quantitative estimate of drug-likeness (QED) is 0.720. The third kappa shape index (κ3) is 2.75. The third-order valence-corrected chi connectivity index (χ3v) is 4.85. The van der Waals surface area contributed by atoms with Gasteiger partial charge >= 0.3 is 0 Å². The molecule has 0 aliphatic carbocycles. The summed E-state index contributed by atoms with van der Waals surface area (Å²) < 4.78 is 0. The van der Waals surface area contributed by atoms with Crippen LogP contribution < -0.4 is 0 Å². The summed E-state index contributed by atoms with van der Waals surface area (Å²) in [4.78, 5) is 13.7. The van der Waals surface area contributed by atoms with Crippen LogP contribution in [0.1, 0.15) is 38.8 Å². The number of rotatable bonds is 1. The molecule has 0 spiro atoms. The van der Waals surface area contributed by atoms with Gasteiger partial charge in [-0.2, -0.15) is 0 Å². The number of hydrogen-bond acceptors (Lipinski definition) is 2. The van der Waals surface area contributed by atoms with Crippen molar-refractivity contribution >= 4 is 34.2 Å². The summed E-state index contributed by atoms with van der Waals surface area (Å²) in [6, 6.07) is 6.23. The second kappa shape index (κ2) is 4.99. The third-order valence-electron chi connectivity index (χ3n) is 3.24. The molecule has 3 heteroatoms. The van der Waals surface area contributed by atoms with Crippen LogP contribution >= 0.6 is 23.4 Å². The van der Waals surface area contributed by atoms with Crippen LogP contribution in [0.15, 0.2) is 28.7 Å². The molecule has 1 aliphatic heterocycles. The van der Waals surface area contributed by atoms with E-state index in [1.807, 2.05) is 27.7 Å². The summed E-state index contributed by atoms with van der Waals surface area (Å²) in [7, 11) is 0. The Morgan fingerprint density at radius 2 is 1.95 bits per heavy atom. The van der Waals surface area contributed by atoms with Crippen LogP contribution in [0.5, 0.6) is 0 Å². The molecule has 0 amide bonds. The highest BCUT2D eigenvalue weighted by Crippen LogP contribution is 2.45. The van der Waals surface area contributed by atoms with E-state index in [0.29, 0.717) is 5.03 Å². The lowest BCUT2D eigenvalue weighted by molar-refractivity contribution is -0.122. The number of Topliss-reactive ketones (excluding diaryl/α,β-unsaturated/α-hetero) is 1. The van der Waals surface area contributed by atoms with E-state index in [-0.39, 0.29) is 11.0 Å². The van der Waals surface area contributed by atoms with Crippen LogP contribution in [0.25, 0.3) is 5.03 Å². The molecule has 0 N–H and O–H groups in total. The number of benzene rings is 1. The van der Waals surface area contributed by atoms with Gasteiger partial charge in [0.25, 0.3) is 0 Å². The first kappa shape index (κ1) is 14.7. The van der Waals surface area contributed by atoms with E-state index in [1.165, 1.54) is 0 Å². The molecule has 0 saturated heterocycles. The molecule has 0 fully saturated rings. The van der Waals surface area contributed by atoms with E-state index in [0.717, 1.165) is 21.6 Å². The lowest BCUT2D eigenvalue weighted by Gasteiger charge is -2.28. The van der Waals surface area contributed by atoms with Crippen LogP contribution in [0.2, 0.25) is 0 Å². The number of hydrogen-bond donors (Lipinski definition) is 0. The van der Waals surface area contributed by atoms with E-state index in [4.69, 9.17) is 11.6 Å². The van der Waals surface area contributed by atoms with E-state index >= 15 is 0 Å². The number of thioether (sulfide) groups is 1. The van der Waals surface area contributed by atoms with Crippen molar-refractivity contribution in [2.75, 3.05) is 0 Å². The van der Waals surface area contributed by atoms with Gasteiger partial charge in [0.2, 0.25) is 0 Å². The van der Waals surface area contributed by atoms with Crippen molar-refractivity contribution in [2.24, 2.45) is 5.41 Å². The van der Waals surface area contributed by atoms with Crippen LogP contribution in [-0.4, -0.2) is 11.0 Å². The van der Waals surface area contributed by atoms with E-state index < -0.39 is 5.41 Å². The van der Waals surface area contributed by atoms with Crippen molar-refractivity contribution in [1.29, 1.82) is 0 Å². The summed E-state index contributed by atoms with van der Waals surface area (Å²) in [5.74, 6) is 0.143. The molecular weight excluding hydrogens is 276 g/mol. The van der Waals surface area contributed by atoms with Crippen LogP contribution in [-0.2, 0) is 4.79 Å². The molecule has 1 aromatic carbocycles. The van der Waals surface area contributed by atoms with Crippen LogP contribution in [0.4, 0.5) is 0 Å². The lowest BCUT2D eigenvalue weighted by atomic mass is 9.84. The van der Waals surface area contributed by atoms with Crippen LogP contribution in [0, 0.1) is 12.3 Å². The predicted octanol–water partition coefficient (Wildman–Crippen LogP) is 5.05. The first-order chi connectivity index (χ1) is 8.71. The number of carbonyl (C=O) groups is 1. The van der Waals surface area contributed by atoms with Gasteiger partial charge in [0.05, 0.1) is 5.03 Å². The molecule has 1 aliphatic rings. The maximum atomic E-state index is 12.6. The Morgan fingerprint density at radius 3 is 2.53 bits per heavy atom. The first-order valence-electron chi connectivity index (χ1n) is 6.44. The van der Waals surface area contributed by atoms with Crippen molar-refractivity contribution in [1.82, 2.24) is 0 Å². The second-order valence-corrected chi connectivity index (χ2v) is 7.83. The summed E-state index contributed by atoms with van der Waals surface area (Å²) >= 11 is 8.24. The number of aryl methyl sites for hydroxylation is 1. The van der Waals surface area contributed by atoms with Crippen molar-refractivity contribution in [3.63, 3.8) is 0 Å². The highest BCUT2D eigenvalue weighted by molar-refractivity contribution is 8.00. The maximum Gasteiger partial charge on any atom is 0.166 e. The zero-order valence-electron chi connectivity index (χ0n) is 12.0. The summed E-state index contributed by atoms with van der Waals surface area (Å²) in [6.07, 6.45) is 0. The highest BCUT2D eigenvalue weighted by atomic mass is 35.5. The van der Waals surface area contributed by atoms with Crippen molar-refractivity contribution in [2.45, 2.75) is 44.8 Å². The van der Waals surface area contributed by atoms with Gasteiger partial charge in [-0.05, 0) is 26.0 Å². The molecule has 1 unspecified atom stereocenters. The fourth-order valence-electron chi connectivity index (χ4n) is 2.18. The van der Waals surface area contributed by atoms with Gasteiger partial charge in [-0.1, -0.05) is 44.0 Å². The average molecular weight is 295 g/mol. The normalized spacial score (nSPS) is 19.4. The van der Waals surface area contributed by atoms with Gasteiger partial charge in [0.1, 0.15) is 0 Å². The van der Waals surface area contributed by atoms with E-state index in [1.54, 1.807) is 11.8 Å². The Labute approximate surface area is 124 Å². The molecule has 0 saturated carbocycles. The maximum absolute atomic E-state index is 12.6. The minimum absolute atomic E-state index is 0.106. The molecule has 102 valence electrons. The van der Waals surface area contributed by atoms with Gasteiger partial charge < -0.3 is 0 Å². The fraction of sp³-hybridized carbons (Fsp3) is 0.438. The smallest absolute Gasteiger partial charge is 0.166 e. The topological polar surface area (TPSA) is 17.1 Å². The SMILES string of the molecule is Cc1ccc2c(c1)C(Cl)=C(C(=O)C(C)(C)C)C(C)S2. The zero-order chi connectivity index (χ0) is 14.4.